The molecule has 0 aromatic heterocycles. The molecule has 12 heavy (non-hydrogen) atoms. The maximum Gasteiger partial charge on any atom is 0.00507 e. The van der Waals surface area contributed by atoms with Crippen molar-refractivity contribution < 1.29 is 0 Å². The number of hydrogen-bond acceptors (Lipinski definition) is 2. The molecule has 1 unspecified atom stereocenters. The van der Waals surface area contributed by atoms with Gasteiger partial charge in [-0.1, -0.05) is 13.8 Å². The third kappa shape index (κ3) is 1.38. The highest BCUT2D eigenvalue weighted by atomic mass is 15.2. The monoisotopic (exact) mass is 168 g/mol. The van der Waals surface area contributed by atoms with Crippen LogP contribution < -0.4 is 5.32 Å². The maximum atomic E-state index is 3.53. The van der Waals surface area contributed by atoms with Gasteiger partial charge in [0.1, 0.15) is 0 Å². The van der Waals surface area contributed by atoms with E-state index >= 15 is 0 Å². The molecule has 0 radical (unpaired) electrons. The Bertz CT molecular complexity index is 171. The minimum atomic E-state index is 0.653. The van der Waals surface area contributed by atoms with Crippen molar-refractivity contribution in [1.29, 1.82) is 0 Å². The zero-order valence-corrected chi connectivity index (χ0v) is 8.43. The van der Waals surface area contributed by atoms with Crippen molar-refractivity contribution in [2.24, 2.45) is 11.3 Å². The average molecular weight is 168 g/mol. The zero-order valence-electron chi connectivity index (χ0n) is 8.43. The molecule has 1 aliphatic carbocycles. The molecule has 0 bridgehead atoms. The lowest BCUT2D eigenvalue weighted by atomic mass is 9.94. The first-order valence-electron chi connectivity index (χ1n) is 5.04. The van der Waals surface area contributed by atoms with Crippen molar-refractivity contribution in [3.8, 4) is 0 Å². The van der Waals surface area contributed by atoms with Crippen molar-refractivity contribution in [2.45, 2.75) is 26.3 Å². The number of nitrogens with zero attached hydrogens (tertiary/aromatic N) is 1. The van der Waals surface area contributed by atoms with E-state index in [0.29, 0.717) is 6.04 Å². The van der Waals surface area contributed by atoms with E-state index in [2.05, 4.69) is 31.1 Å². The standard InChI is InChI=1S/C10H20N2/c1-8(2)11-5-9-4-10(9)6-12(3)7-10/h8-9,11H,4-7H2,1-3H3. The molecule has 2 nitrogen and oxygen atoms in total. The smallest absolute Gasteiger partial charge is 0.00507 e. The lowest BCUT2D eigenvalue weighted by Crippen LogP contribution is -2.47. The van der Waals surface area contributed by atoms with Gasteiger partial charge in [-0.25, -0.2) is 0 Å². The van der Waals surface area contributed by atoms with Gasteiger partial charge in [-0.2, -0.15) is 0 Å². The predicted octanol–water partition coefficient (Wildman–Crippen LogP) is 0.936. The van der Waals surface area contributed by atoms with E-state index in [9.17, 15) is 0 Å². The lowest BCUT2D eigenvalue weighted by molar-refractivity contribution is 0.0986. The SMILES string of the molecule is CC(C)NCC1CC12CN(C)C2. The van der Waals surface area contributed by atoms with Gasteiger partial charge in [-0.3, -0.25) is 0 Å². The van der Waals surface area contributed by atoms with Crippen molar-refractivity contribution in [1.82, 2.24) is 10.2 Å². The molecule has 1 spiro atoms. The quantitative estimate of drug-likeness (QED) is 0.674. The summed E-state index contributed by atoms with van der Waals surface area (Å²) in [4.78, 5) is 2.43. The molecule has 70 valence electrons. The van der Waals surface area contributed by atoms with Crippen LogP contribution in [0.2, 0.25) is 0 Å². The summed E-state index contributed by atoms with van der Waals surface area (Å²) >= 11 is 0. The van der Waals surface area contributed by atoms with Gasteiger partial charge >= 0.3 is 0 Å². The summed E-state index contributed by atoms with van der Waals surface area (Å²) in [5.41, 5.74) is 0.761. The molecular formula is C10H20N2. The summed E-state index contributed by atoms with van der Waals surface area (Å²) in [5.74, 6) is 0.982. The normalized spacial score (nSPS) is 32.5. The Morgan fingerprint density at radius 2 is 2.17 bits per heavy atom. The summed E-state index contributed by atoms with van der Waals surface area (Å²) in [5, 5.41) is 3.53. The van der Waals surface area contributed by atoms with Crippen LogP contribution in [-0.4, -0.2) is 37.6 Å². The molecule has 2 fully saturated rings. The first-order valence-corrected chi connectivity index (χ1v) is 5.04. The van der Waals surface area contributed by atoms with Crippen molar-refractivity contribution in [3.63, 3.8) is 0 Å². The Balaban J connectivity index is 1.68. The van der Waals surface area contributed by atoms with Crippen LogP contribution in [0.5, 0.6) is 0 Å². The van der Waals surface area contributed by atoms with Crippen LogP contribution >= 0.6 is 0 Å². The number of likely N-dealkylation sites (tertiary alicyclic amines) is 1. The predicted molar refractivity (Wildman–Crippen MR) is 51.2 cm³/mol. The minimum Gasteiger partial charge on any atom is -0.314 e. The molecule has 1 aliphatic heterocycles. The Labute approximate surface area is 75.3 Å². The first-order chi connectivity index (χ1) is 5.62. The molecule has 1 saturated heterocycles. The van der Waals surface area contributed by atoms with Gasteiger partial charge in [-0.15, -0.1) is 0 Å². The summed E-state index contributed by atoms with van der Waals surface area (Å²) in [6, 6.07) is 0.653. The van der Waals surface area contributed by atoms with Crippen LogP contribution in [0.25, 0.3) is 0 Å². The molecule has 1 saturated carbocycles. The number of nitrogens with one attached hydrogen (secondary N) is 1. The number of rotatable bonds is 3. The highest BCUT2D eigenvalue weighted by molar-refractivity contribution is 5.11. The van der Waals surface area contributed by atoms with E-state index in [-0.39, 0.29) is 0 Å². The van der Waals surface area contributed by atoms with E-state index in [1.807, 2.05) is 0 Å². The van der Waals surface area contributed by atoms with Crippen LogP contribution in [0.4, 0.5) is 0 Å². The summed E-state index contributed by atoms with van der Waals surface area (Å²) in [6.45, 7) is 8.38. The molecule has 2 rings (SSSR count). The topological polar surface area (TPSA) is 15.3 Å². The van der Waals surface area contributed by atoms with Gasteiger partial charge in [0, 0.05) is 24.5 Å². The Kier molecular flexibility index (Phi) is 1.92. The molecule has 1 atom stereocenters. The van der Waals surface area contributed by atoms with E-state index in [0.717, 1.165) is 11.3 Å². The second-order valence-electron chi connectivity index (χ2n) is 5.00. The zero-order chi connectivity index (χ0) is 8.77. The fourth-order valence-electron chi connectivity index (χ4n) is 2.51. The molecule has 2 heteroatoms. The van der Waals surface area contributed by atoms with Crippen LogP contribution in [0.3, 0.4) is 0 Å². The third-order valence-electron chi connectivity index (χ3n) is 3.30. The molecular weight excluding hydrogens is 148 g/mol. The third-order valence-corrected chi connectivity index (χ3v) is 3.30. The van der Waals surface area contributed by atoms with Gasteiger partial charge in [0.2, 0.25) is 0 Å². The summed E-state index contributed by atoms with van der Waals surface area (Å²) in [7, 11) is 2.22. The van der Waals surface area contributed by atoms with Crippen molar-refractivity contribution in [3.05, 3.63) is 0 Å². The van der Waals surface area contributed by atoms with Crippen molar-refractivity contribution in [2.75, 3.05) is 26.7 Å². The second kappa shape index (κ2) is 2.71. The molecule has 0 amide bonds. The Morgan fingerprint density at radius 3 is 2.67 bits per heavy atom. The van der Waals surface area contributed by atoms with Gasteiger partial charge in [0.05, 0.1) is 0 Å². The van der Waals surface area contributed by atoms with Crippen LogP contribution in [0, 0.1) is 11.3 Å². The van der Waals surface area contributed by atoms with E-state index in [1.165, 1.54) is 26.1 Å². The van der Waals surface area contributed by atoms with Crippen LogP contribution in [0.1, 0.15) is 20.3 Å². The molecule has 1 N–H and O–H groups in total. The van der Waals surface area contributed by atoms with Gasteiger partial charge < -0.3 is 10.2 Å². The van der Waals surface area contributed by atoms with E-state index in [1.54, 1.807) is 0 Å². The first kappa shape index (κ1) is 8.52. The van der Waals surface area contributed by atoms with E-state index < -0.39 is 0 Å². The summed E-state index contributed by atoms with van der Waals surface area (Å²) in [6.07, 6.45) is 1.47. The van der Waals surface area contributed by atoms with Gasteiger partial charge in [0.25, 0.3) is 0 Å². The fourth-order valence-corrected chi connectivity index (χ4v) is 2.51. The number of hydrogen-bond donors (Lipinski definition) is 1. The molecule has 1 heterocycles. The maximum absolute atomic E-state index is 3.53. The van der Waals surface area contributed by atoms with E-state index in [4.69, 9.17) is 0 Å². The highest BCUT2D eigenvalue weighted by Gasteiger charge is 2.59. The second-order valence-corrected chi connectivity index (χ2v) is 5.00. The van der Waals surface area contributed by atoms with Gasteiger partial charge in [-0.05, 0) is 25.9 Å². The highest BCUT2D eigenvalue weighted by Crippen LogP contribution is 2.57. The van der Waals surface area contributed by atoms with Gasteiger partial charge in [0.15, 0.2) is 0 Å². The summed E-state index contributed by atoms with van der Waals surface area (Å²) < 4.78 is 0. The van der Waals surface area contributed by atoms with Crippen LogP contribution in [-0.2, 0) is 0 Å². The molecule has 0 aromatic carbocycles. The van der Waals surface area contributed by atoms with Crippen molar-refractivity contribution >= 4 is 0 Å². The molecule has 0 aromatic rings. The Hall–Kier alpha value is -0.0800. The fraction of sp³-hybridized carbons (Fsp3) is 1.00. The lowest BCUT2D eigenvalue weighted by Gasteiger charge is -2.38. The average Bonchev–Trinajstić information content (AvgIpc) is 2.58. The largest absolute Gasteiger partial charge is 0.314 e. The van der Waals surface area contributed by atoms with Crippen LogP contribution in [0.15, 0.2) is 0 Å². The Morgan fingerprint density at radius 1 is 1.50 bits per heavy atom. The minimum absolute atomic E-state index is 0.653. The molecule has 2 aliphatic rings.